The molecule has 0 aliphatic rings. The van der Waals surface area contributed by atoms with Crippen LogP contribution in [0.3, 0.4) is 0 Å². The van der Waals surface area contributed by atoms with Crippen LogP contribution in [-0.2, 0) is 0 Å². The van der Waals surface area contributed by atoms with Crippen LogP contribution in [0.25, 0.3) is 27.1 Å². The molecule has 8 heteroatoms. The zero-order chi connectivity index (χ0) is 15.9. The van der Waals surface area contributed by atoms with Gasteiger partial charge in [0.25, 0.3) is 0 Å². The van der Waals surface area contributed by atoms with Crippen molar-refractivity contribution in [2.75, 3.05) is 5.32 Å². The average molecular weight is 333 g/mol. The van der Waals surface area contributed by atoms with E-state index >= 15 is 0 Å². The van der Waals surface area contributed by atoms with E-state index in [1.54, 1.807) is 23.1 Å². The lowest BCUT2D eigenvalue weighted by Crippen LogP contribution is -1.90. The molecule has 0 fully saturated rings. The number of nitrogens with zero attached hydrogens (tertiary/aromatic N) is 5. The summed E-state index contributed by atoms with van der Waals surface area (Å²) in [5, 5.41) is 16.7. The molecule has 5 aromatic rings. The third-order valence-corrected chi connectivity index (χ3v) is 4.53. The fraction of sp³-hybridized carbons (Fsp3) is 0. The Balaban J connectivity index is 1.46. The predicted molar refractivity (Wildman–Crippen MR) is 93.5 cm³/mol. The van der Waals surface area contributed by atoms with Crippen molar-refractivity contribution in [2.24, 2.45) is 0 Å². The van der Waals surface area contributed by atoms with E-state index in [1.807, 2.05) is 36.5 Å². The van der Waals surface area contributed by atoms with Crippen LogP contribution in [-0.4, -0.2) is 29.8 Å². The standard InChI is InChI=1S/C16H11N7S/c1-2-10(7-17-5-1)14-9-23-16(20-14)24-15(22-23)19-12-3-4-13-11(6-12)8-18-21-13/h1-9H,(H,18,21)(H,19,22). The summed E-state index contributed by atoms with van der Waals surface area (Å²) < 4.78 is 1.78. The number of hydrogen-bond donors (Lipinski definition) is 2. The summed E-state index contributed by atoms with van der Waals surface area (Å²) in [7, 11) is 0. The second-order valence-electron chi connectivity index (χ2n) is 5.30. The van der Waals surface area contributed by atoms with Gasteiger partial charge in [-0.2, -0.15) is 5.10 Å². The SMILES string of the molecule is c1cncc(-c2cn3nc(Nc4ccc5[nH]ncc5c4)sc3n2)c1. The molecular formula is C16H11N7S. The molecule has 116 valence electrons. The molecule has 0 atom stereocenters. The third-order valence-electron chi connectivity index (χ3n) is 3.69. The topological polar surface area (TPSA) is 83.8 Å². The molecule has 24 heavy (non-hydrogen) atoms. The molecule has 0 aliphatic heterocycles. The maximum atomic E-state index is 4.61. The molecule has 0 saturated heterocycles. The van der Waals surface area contributed by atoms with Crippen LogP contribution in [0.4, 0.5) is 10.8 Å². The molecule has 5 rings (SSSR count). The number of benzene rings is 1. The number of imidazole rings is 1. The lowest BCUT2D eigenvalue weighted by atomic mass is 10.2. The van der Waals surface area contributed by atoms with Crippen LogP contribution in [0, 0.1) is 0 Å². The molecule has 0 bridgehead atoms. The lowest BCUT2D eigenvalue weighted by molar-refractivity contribution is 0.978. The van der Waals surface area contributed by atoms with Gasteiger partial charge in [-0.05, 0) is 30.3 Å². The Morgan fingerprint density at radius 1 is 1.17 bits per heavy atom. The highest BCUT2D eigenvalue weighted by atomic mass is 32.1. The highest BCUT2D eigenvalue weighted by molar-refractivity contribution is 7.20. The highest BCUT2D eigenvalue weighted by Crippen LogP contribution is 2.27. The van der Waals surface area contributed by atoms with E-state index in [0.29, 0.717) is 0 Å². The average Bonchev–Trinajstić information content (AvgIpc) is 3.29. The second-order valence-corrected chi connectivity index (χ2v) is 6.26. The van der Waals surface area contributed by atoms with Crippen molar-refractivity contribution in [1.82, 2.24) is 29.8 Å². The summed E-state index contributed by atoms with van der Waals surface area (Å²) in [6, 6.07) is 9.90. The van der Waals surface area contributed by atoms with Gasteiger partial charge in [0.15, 0.2) is 0 Å². The van der Waals surface area contributed by atoms with Gasteiger partial charge in [-0.3, -0.25) is 10.1 Å². The molecular weight excluding hydrogens is 322 g/mol. The van der Waals surface area contributed by atoms with E-state index in [2.05, 4.69) is 30.6 Å². The fourth-order valence-corrected chi connectivity index (χ4v) is 3.35. The third kappa shape index (κ3) is 2.20. The van der Waals surface area contributed by atoms with Crippen LogP contribution in [0.15, 0.2) is 55.1 Å². The largest absolute Gasteiger partial charge is 0.330 e. The second kappa shape index (κ2) is 5.14. The van der Waals surface area contributed by atoms with Gasteiger partial charge in [-0.25, -0.2) is 9.50 Å². The molecule has 4 aromatic heterocycles. The molecule has 0 amide bonds. The van der Waals surface area contributed by atoms with Crippen molar-refractivity contribution in [1.29, 1.82) is 0 Å². The number of rotatable bonds is 3. The van der Waals surface area contributed by atoms with E-state index in [1.165, 1.54) is 11.3 Å². The number of aromatic nitrogens is 6. The summed E-state index contributed by atoms with van der Waals surface area (Å²) in [5.74, 6) is 0. The van der Waals surface area contributed by atoms with E-state index in [0.717, 1.165) is 37.9 Å². The Morgan fingerprint density at radius 3 is 3.04 bits per heavy atom. The van der Waals surface area contributed by atoms with Crippen LogP contribution < -0.4 is 5.32 Å². The lowest BCUT2D eigenvalue weighted by Gasteiger charge is -2.01. The minimum Gasteiger partial charge on any atom is -0.330 e. The molecule has 0 spiro atoms. The molecule has 0 aliphatic carbocycles. The Hall–Kier alpha value is -3.26. The normalized spacial score (nSPS) is 11.3. The van der Waals surface area contributed by atoms with Crippen molar-refractivity contribution in [3.8, 4) is 11.3 Å². The number of aromatic amines is 1. The molecule has 2 N–H and O–H groups in total. The van der Waals surface area contributed by atoms with Crippen LogP contribution in [0.2, 0.25) is 0 Å². The number of pyridine rings is 1. The maximum Gasteiger partial charge on any atom is 0.214 e. The zero-order valence-electron chi connectivity index (χ0n) is 12.3. The van der Waals surface area contributed by atoms with Crippen LogP contribution in [0.5, 0.6) is 0 Å². The highest BCUT2D eigenvalue weighted by Gasteiger charge is 2.10. The van der Waals surface area contributed by atoms with Crippen LogP contribution in [0.1, 0.15) is 0 Å². The summed E-state index contributed by atoms with van der Waals surface area (Å²) in [4.78, 5) is 9.57. The number of anilines is 2. The monoisotopic (exact) mass is 333 g/mol. The van der Waals surface area contributed by atoms with E-state index < -0.39 is 0 Å². The first-order chi connectivity index (χ1) is 11.8. The summed E-state index contributed by atoms with van der Waals surface area (Å²) in [6.07, 6.45) is 7.26. The quantitative estimate of drug-likeness (QED) is 0.528. The first-order valence-corrected chi connectivity index (χ1v) is 8.13. The van der Waals surface area contributed by atoms with E-state index in [-0.39, 0.29) is 0 Å². The molecule has 7 nitrogen and oxygen atoms in total. The van der Waals surface area contributed by atoms with Gasteiger partial charge < -0.3 is 5.32 Å². The van der Waals surface area contributed by atoms with E-state index in [9.17, 15) is 0 Å². The van der Waals surface area contributed by atoms with Gasteiger partial charge in [-0.1, -0.05) is 11.3 Å². The van der Waals surface area contributed by atoms with Gasteiger partial charge in [0.1, 0.15) is 0 Å². The number of nitrogens with one attached hydrogen (secondary N) is 2. The first kappa shape index (κ1) is 13.2. The van der Waals surface area contributed by atoms with Crippen molar-refractivity contribution >= 4 is 38.0 Å². The summed E-state index contributed by atoms with van der Waals surface area (Å²) in [6.45, 7) is 0. The fourth-order valence-electron chi connectivity index (χ4n) is 2.55. The number of fused-ring (bicyclic) bond motifs is 2. The summed E-state index contributed by atoms with van der Waals surface area (Å²) in [5.41, 5.74) is 3.83. The smallest absolute Gasteiger partial charge is 0.214 e. The minimum atomic E-state index is 0.790. The van der Waals surface area contributed by atoms with Gasteiger partial charge in [0.05, 0.1) is 23.6 Å². The molecule has 0 unspecified atom stereocenters. The maximum absolute atomic E-state index is 4.61. The molecule has 0 saturated carbocycles. The first-order valence-electron chi connectivity index (χ1n) is 7.32. The van der Waals surface area contributed by atoms with E-state index in [4.69, 9.17) is 0 Å². The number of hydrogen-bond acceptors (Lipinski definition) is 6. The molecule has 4 heterocycles. The van der Waals surface area contributed by atoms with Crippen LogP contribution >= 0.6 is 11.3 Å². The molecule has 1 aromatic carbocycles. The predicted octanol–water partition coefficient (Wildman–Crippen LogP) is 3.47. The van der Waals surface area contributed by atoms with Crippen molar-refractivity contribution in [3.05, 3.63) is 55.1 Å². The van der Waals surface area contributed by atoms with Crippen molar-refractivity contribution in [3.63, 3.8) is 0 Å². The summed E-state index contributed by atoms with van der Waals surface area (Å²) >= 11 is 1.50. The van der Waals surface area contributed by atoms with Crippen molar-refractivity contribution < 1.29 is 0 Å². The van der Waals surface area contributed by atoms with Gasteiger partial charge in [-0.15, -0.1) is 5.10 Å². The zero-order valence-corrected chi connectivity index (χ0v) is 13.2. The van der Waals surface area contributed by atoms with Gasteiger partial charge in [0.2, 0.25) is 10.1 Å². The van der Waals surface area contributed by atoms with Crippen molar-refractivity contribution in [2.45, 2.75) is 0 Å². The Morgan fingerprint density at radius 2 is 2.17 bits per heavy atom. The van der Waals surface area contributed by atoms with Gasteiger partial charge in [0, 0.05) is 29.0 Å². The van der Waals surface area contributed by atoms with Gasteiger partial charge >= 0.3 is 0 Å². The number of H-pyrrole nitrogens is 1. The Bertz CT molecular complexity index is 1110. The Kier molecular flexibility index (Phi) is 2.83. The Labute approximate surface area is 140 Å². The minimum absolute atomic E-state index is 0.790. The molecule has 0 radical (unpaired) electrons.